The van der Waals surface area contributed by atoms with Crippen molar-refractivity contribution in [2.75, 3.05) is 39.6 Å². The van der Waals surface area contributed by atoms with Gasteiger partial charge in [-0.2, -0.15) is 0 Å². The van der Waals surface area contributed by atoms with E-state index in [0.717, 1.165) is 108 Å². The first-order valence-corrected chi connectivity index (χ1v) is 42.9. The summed E-state index contributed by atoms with van der Waals surface area (Å²) in [6.45, 7) is 11.9. The van der Waals surface area contributed by atoms with Crippen molar-refractivity contribution in [3.05, 3.63) is 0 Å². The lowest BCUT2D eigenvalue weighted by molar-refractivity contribution is -0.161. The van der Waals surface area contributed by atoms with Crippen LogP contribution in [-0.2, 0) is 65.4 Å². The second-order valence-electron chi connectivity index (χ2n) is 28.9. The molecule has 3 N–H and O–H groups in total. The number of aliphatic hydroxyl groups excluding tert-OH is 1. The van der Waals surface area contributed by atoms with E-state index in [4.69, 9.17) is 37.0 Å². The number of ether oxygens (including phenoxy) is 4. The number of unbranched alkanes of at least 4 members (excludes halogenated alkanes) is 42. The topological polar surface area (TPSA) is 237 Å². The second-order valence-corrected chi connectivity index (χ2v) is 31.8. The van der Waals surface area contributed by atoms with Gasteiger partial charge in [-0.15, -0.1) is 0 Å². The third-order valence-corrected chi connectivity index (χ3v) is 20.1. The molecule has 3 unspecified atom stereocenters. The van der Waals surface area contributed by atoms with Gasteiger partial charge in [-0.05, 0) is 43.4 Å². The monoisotopic (exact) mass is 1410 g/mol. The van der Waals surface area contributed by atoms with Crippen molar-refractivity contribution in [1.29, 1.82) is 0 Å². The van der Waals surface area contributed by atoms with E-state index in [1.165, 1.54) is 199 Å². The highest BCUT2D eigenvalue weighted by Crippen LogP contribution is 2.45. The first-order chi connectivity index (χ1) is 46.3. The fourth-order valence-corrected chi connectivity index (χ4v) is 13.3. The highest BCUT2D eigenvalue weighted by Gasteiger charge is 2.30. The van der Waals surface area contributed by atoms with Crippen molar-refractivity contribution in [3.63, 3.8) is 0 Å². The van der Waals surface area contributed by atoms with Crippen LogP contribution in [0.5, 0.6) is 0 Å². The molecule has 0 rings (SSSR count). The third-order valence-electron chi connectivity index (χ3n) is 18.2. The predicted molar refractivity (Wildman–Crippen MR) is 391 cm³/mol. The number of carbonyl (C=O) groups is 4. The maximum atomic E-state index is 13.1. The zero-order valence-electron chi connectivity index (χ0n) is 62.8. The Hall–Kier alpha value is -1.94. The Morgan fingerprint density at radius 1 is 0.302 bits per heavy atom. The first kappa shape index (κ1) is 94.1. The van der Waals surface area contributed by atoms with E-state index in [0.29, 0.717) is 31.6 Å². The molecule has 17 nitrogen and oxygen atoms in total. The Morgan fingerprint density at radius 3 is 0.792 bits per heavy atom. The molecule has 0 saturated heterocycles. The number of esters is 4. The molecule has 0 heterocycles. The summed E-state index contributed by atoms with van der Waals surface area (Å²) >= 11 is 0. The van der Waals surface area contributed by atoms with Crippen LogP contribution in [0.1, 0.15) is 395 Å². The fourth-order valence-electron chi connectivity index (χ4n) is 11.7. The van der Waals surface area contributed by atoms with Crippen LogP contribution in [0.3, 0.4) is 0 Å². The van der Waals surface area contributed by atoms with Crippen LogP contribution in [0.15, 0.2) is 0 Å². The molecule has 0 amide bonds. The highest BCUT2D eigenvalue weighted by molar-refractivity contribution is 7.47. The normalized spacial score (nSPS) is 14.3. The molecule has 0 aromatic heterocycles. The molecule has 19 heteroatoms. The highest BCUT2D eigenvalue weighted by atomic mass is 31.2. The minimum absolute atomic E-state index is 0.107. The predicted octanol–water partition coefficient (Wildman–Crippen LogP) is 22.6. The zero-order valence-corrected chi connectivity index (χ0v) is 64.6. The molecule has 0 aliphatic carbocycles. The van der Waals surface area contributed by atoms with E-state index in [9.17, 15) is 43.2 Å². The van der Waals surface area contributed by atoms with E-state index in [1.54, 1.807) is 0 Å². The lowest BCUT2D eigenvalue weighted by Crippen LogP contribution is -2.30. The Kier molecular flexibility index (Phi) is 66.2. The Balaban J connectivity index is 5.24. The van der Waals surface area contributed by atoms with E-state index in [1.807, 2.05) is 0 Å². The summed E-state index contributed by atoms with van der Waals surface area (Å²) < 4.78 is 68.6. The number of hydrogen-bond donors (Lipinski definition) is 3. The van der Waals surface area contributed by atoms with Gasteiger partial charge in [0, 0.05) is 25.7 Å². The lowest BCUT2D eigenvalue weighted by Gasteiger charge is -2.21. The van der Waals surface area contributed by atoms with Crippen LogP contribution in [-0.4, -0.2) is 96.7 Å². The van der Waals surface area contributed by atoms with Gasteiger partial charge >= 0.3 is 39.5 Å². The van der Waals surface area contributed by atoms with Crippen LogP contribution >= 0.6 is 15.6 Å². The molecule has 0 aromatic carbocycles. The summed E-state index contributed by atoms with van der Waals surface area (Å²) in [5, 5.41) is 10.6. The molecule has 0 aromatic rings. The van der Waals surface area contributed by atoms with Crippen molar-refractivity contribution in [1.82, 2.24) is 0 Å². The molecule has 0 aliphatic heterocycles. The zero-order chi connectivity index (χ0) is 70.9. The van der Waals surface area contributed by atoms with Crippen molar-refractivity contribution in [3.8, 4) is 0 Å². The van der Waals surface area contributed by atoms with Gasteiger partial charge in [0.25, 0.3) is 0 Å². The SMILES string of the molecule is CCCCCCCCCCCCCCCC(=O)O[C@H](COC(=O)CCCCCCCCCC(C)C)COP(=O)(O)OC[C@H](O)COP(=O)(O)OC[C@@H](COC(=O)CCCCCCCCCCCCC(C)CC)OC(=O)CCCCCCCCCCCCCCCCCCC(C)C. The van der Waals surface area contributed by atoms with Gasteiger partial charge in [0.05, 0.1) is 26.4 Å². The lowest BCUT2D eigenvalue weighted by atomic mass is 9.99. The van der Waals surface area contributed by atoms with Crippen LogP contribution in [0.25, 0.3) is 0 Å². The summed E-state index contributed by atoms with van der Waals surface area (Å²) in [6.07, 6.45) is 54.1. The molecule has 96 heavy (non-hydrogen) atoms. The number of carbonyl (C=O) groups excluding carboxylic acids is 4. The van der Waals surface area contributed by atoms with Crippen molar-refractivity contribution in [2.24, 2.45) is 17.8 Å². The molecule has 0 fully saturated rings. The maximum absolute atomic E-state index is 13.1. The summed E-state index contributed by atoms with van der Waals surface area (Å²) in [5.74, 6) is 0.208. The minimum atomic E-state index is -4.96. The van der Waals surface area contributed by atoms with Gasteiger partial charge in [-0.3, -0.25) is 37.3 Å². The molecule has 0 saturated carbocycles. The molecule has 0 bridgehead atoms. The molecular formula is C77H150O17P2. The Labute approximate surface area is 588 Å². The number of phosphoric acid groups is 2. The van der Waals surface area contributed by atoms with Crippen molar-refractivity contribution < 1.29 is 80.2 Å². The Morgan fingerprint density at radius 2 is 0.531 bits per heavy atom. The smallest absolute Gasteiger partial charge is 0.462 e. The summed E-state index contributed by atoms with van der Waals surface area (Å²) in [5.41, 5.74) is 0. The molecular weight excluding hydrogens is 1260 g/mol. The van der Waals surface area contributed by atoms with E-state index in [-0.39, 0.29) is 25.7 Å². The Bertz CT molecular complexity index is 1870. The summed E-state index contributed by atoms with van der Waals surface area (Å²) in [6, 6.07) is 0. The van der Waals surface area contributed by atoms with Crippen molar-refractivity contribution >= 4 is 39.5 Å². The first-order valence-electron chi connectivity index (χ1n) is 39.9. The molecule has 0 spiro atoms. The second kappa shape index (κ2) is 67.5. The number of rotatable bonds is 75. The van der Waals surface area contributed by atoms with E-state index < -0.39 is 97.5 Å². The average molecular weight is 1410 g/mol. The molecule has 570 valence electrons. The summed E-state index contributed by atoms with van der Waals surface area (Å²) in [4.78, 5) is 72.8. The van der Waals surface area contributed by atoms with Gasteiger partial charge in [0.1, 0.15) is 19.3 Å². The van der Waals surface area contributed by atoms with E-state index in [2.05, 4.69) is 48.5 Å². The van der Waals surface area contributed by atoms with E-state index >= 15 is 0 Å². The molecule has 6 atom stereocenters. The molecule has 0 aliphatic rings. The maximum Gasteiger partial charge on any atom is 0.472 e. The van der Waals surface area contributed by atoms with Crippen LogP contribution in [0, 0.1) is 17.8 Å². The quantitative estimate of drug-likeness (QED) is 0.0222. The number of hydrogen-bond acceptors (Lipinski definition) is 15. The number of aliphatic hydroxyl groups is 1. The van der Waals surface area contributed by atoms with Gasteiger partial charge in [-0.25, -0.2) is 9.13 Å². The van der Waals surface area contributed by atoms with Gasteiger partial charge in [-0.1, -0.05) is 344 Å². The fraction of sp³-hybridized carbons (Fsp3) is 0.948. The van der Waals surface area contributed by atoms with Crippen LogP contribution < -0.4 is 0 Å². The van der Waals surface area contributed by atoms with Crippen molar-refractivity contribution in [2.45, 2.75) is 414 Å². The van der Waals surface area contributed by atoms with Crippen LogP contribution in [0.2, 0.25) is 0 Å². The number of phosphoric ester groups is 2. The minimum Gasteiger partial charge on any atom is -0.462 e. The molecule has 0 radical (unpaired) electrons. The largest absolute Gasteiger partial charge is 0.472 e. The standard InChI is InChI=1S/C77H150O17P2/c1-8-10-11-12-13-14-15-20-24-31-38-46-53-60-76(81)94-73(65-88-75(80)59-52-45-40-33-35-42-49-56-69(5)6)67-92-96(85,86)90-63-71(78)62-89-95(83,84)91-66-72(64-87-74(79)58-51-44-37-30-27-26-29-36-43-50-57-70(7)9-2)93-77(82)61-54-47-39-32-25-22-19-17-16-18-21-23-28-34-41-48-55-68(3)4/h68-73,78H,8-67H2,1-7H3,(H,83,84)(H,85,86)/t70?,71-,72-,73-/m1/s1. The third kappa shape index (κ3) is 69.2. The van der Waals surface area contributed by atoms with Gasteiger partial charge in [0.2, 0.25) is 0 Å². The summed E-state index contributed by atoms with van der Waals surface area (Å²) in [7, 11) is -9.91. The van der Waals surface area contributed by atoms with Crippen LogP contribution in [0.4, 0.5) is 0 Å². The van der Waals surface area contributed by atoms with Gasteiger partial charge in [0.15, 0.2) is 12.2 Å². The van der Waals surface area contributed by atoms with Gasteiger partial charge < -0.3 is 33.8 Å². The average Bonchev–Trinajstić information content (AvgIpc) is 2.13.